The van der Waals surface area contributed by atoms with Gasteiger partial charge in [0.05, 0.1) is 11.1 Å². The summed E-state index contributed by atoms with van der Waals surface area (Å²) in [4.78, 5) is 22.4. The van der Waals surface area contributed by atoms with Gasteiger partial charge in [-0.1, -0.05) is 6.07 Å². The molecule has 1 aliphatic rings. The number of hydrogen-bond acceptors (Lipinski definition) is 6. The highest BCUT2D eigenvalue weighted by molar-refractivity contribution is 7.71. The first-order chi connectivity index (χ1) is 15.9. The molecule has 168 valence electrons. The highest BCUT2D eigenvalue weighted by atomic mass is 31.2. The molecule has 0 aliphatic carbocycles. The lowest BCUT2D eigenvalue weighted by molar-refractivity contribution is 0.570. The molecule has 2 aromatic heterocycles. The SMILES string of the molecule is O=c1[nH]nc(Cc2ccc(F)c(P3(=O)CCN(c4ncccn4)CC3)c2)c2ccc(F)cc12. The first kappa shape index (κ1) is 21.4. The summed E-state index contributed by atoms with van der Waals surface area (Å²) in [7, 11) is -2.96. The summed E-state index contributed by atoms with van der Waals surface area (Å²) in [5.74, 6) is -0.433. The first-order valence-corrected chi connectivity index (χ1v) is 12.6. The van der Waals surface area contributed by atoms with Gasteiger partial charge in [0.25, 0.3) is 5.56 Å². The van der Waals surface area contributed by atoms with E-state index in [1.54, 1.807) is 30.6 Å². The molecular weight excluding hydrogens is 447 g/mol. The van der Waals surface area contributed by atoms with Gasteiger partial charge in [-0.2, -0.15) is 5.10 Å². The van der Waals surface area contributed by atoms with Crippen molar-refractivity contribution in [3.05, 3.63) is 88.1 Å². The van der Waals surface area contributed by atoms with E-state index in [2.05, 4.69) is 20.2 Å². The molecule has 0 saturated carbocycles. The minimum atomic E-state index is -2.96. The Balaban J connectivity index is 1.43. The quantitative estimate of drug-likeness (QED) is 0.464. The number of rotatable bonds is 4. The molecule has 0 unspecified atom stereocenters. The summed E-state index contributed by atoms with van der Waals surface area (Å²) in [6, 6.07) is 10.2. The molecule has 0 atom stereocenters. The third kappa shape index (κ3) is 4.16. The van der Waals surface area contributed by atoms with Crippen LogP contribution in [0, 0.1) is 11.6 Å². The standard InChI is InChI=1S/C23H20F2N5O2P/c24-16-3-4-17-18(14-16)22(31)29-28-20(17)12-15-2-5-19(25)21(13-15)33(32)10-8-30(9-11-33)23-26-6-1-7-27-23/h1-7,13-14H,8-12H2,(H,29,31). The van der Waals surface area contributed by atoms with Gasteiger partial charge in [0.2, 0.25) is 5.95 Å². The van der Waals surface area contributed by atoms with Crippen LogP contribution >= 0.6 is 7.14 Å². The van der Waals surface area contributed by atoms with Crippen LogP contribution in [0.2, 0.25) is 0 Å². The summed E-state index contributed by atoms with van der Waals surface area (Å²) in [6.07, 6.45) is 4.23. The fourth-order valence-electron chi connectivity index (χ4n) is 4.19. The lowest BCUT2D eigenvalue weighted by Gasteiger charge is -2.32. The average Bonchev–Trinajstić information content (AvgIpc) is 2.83. The van der Waals surface area contributed by atoms with Crippen LogP contribution < -0.4 is 15.8 Å². The van der Waals surface area contributed by atoms with E-state index < -0.39 is 24.3 Å². The number of benzene rings is 2. The second kappa shape index (κ2) is 8.48. The average molecular weight is 467 g/mol. The number of anilines is 1. The fourth-order valence-corrected chi connectivity index (χ4v) is 6.89. The van der Waals surface area contributed by atoms with Crippen LogP contribution in [-0.2, 0) is 11.0 Å². The van der Waals surface area contributed by atoms with Crippen molar-refractivity contribution in [1.82, 2.24) is 20.2 Å². The number of halogens is 2. The number of aromatic nitrogens is 4. The monoisotopic (exact) mass is 467 g/mol. The molecule has 5 rings (SSSR count). The number of nitrogens with one attached hydrogen (secondary N) is 1. The van der Waals surface area contributed by atoms with Gasteiger partial charge < -0.3 is 9.46 Å². The molecule has 1 saturated heterocycles. The molecule has 0 spiro atoms. The Morgan fingerprint density at radius 2 is 1.76 bits per heavy atom. The highest BCUT2D eigenvalue weighted by Crippen LogP contribution is 2.47. The van der Waals surface area contributed by atoms with Gasteiger partial charge >= 0.3 is 0 Å². The predicted molar refractivity (Wildman–Crippen MR) is 123 cm³/mol. The van der Waals surface area contributed by atoms with Crippen LogP contribution in [0.5, 0.6) is 0 Å². The van der Waals surface area contributed by atoms with E-state index in [0.717, 1.165) is 6.07 Å². The van der Waals surface area contributed by atoms with E-state index >= 15 is 0 Å². The van der Waals surface area contributed by atoms with Gasteiger partial charge in [-0.25, -0.2) is 23.8 Å². The lowest BCUT2D eigenvalue weighted by Crippen LogP contribution is -2.38. The minimum absolute atomic E-state index is 0.200. The minimum Gasteiger partial charge on any atom is -0.340 e. The molecule has 1 fully saturated rings. The van der Waals surface area contributed by atoms with E-state index in [0.29, 0.717) is 48.0 Å². The van der Waals surface area contributed by atoms with Crippen molar-refractivity contribution in [2.45, 2.75) is 6.42 Å². The van der Waals surface area contributed by atoms with Gasteiger partial charge in [-0.05, 0) is 42.0 Å². The molecule has 33 heavy (non-hydrogen) atoms. The molecule has 3 heterocycles. The molecule has 0 radical (unpaired) electrons. The molecule has 7 nitrogen and oxygen atoms in total. The Labute approximate surface area is 187 Å². The molecule has 1 aliphatic heterocycles. The molecule has 1 N–H and O–H groups in total. The summed E-state index contributed by atoms with van der Waals surface area (Å²) in [5, 5.41) is 7.45. The van der Waals surface area contributed by atoms with Gasteiger partial charge in [-0.15, -0.1) is 0 Å². The lowest BCUT2D eigenvalue weighted by atomic mass is 10.0. The van der Waals surface area contributed by atoms with Crippen molar-refractivity contribution in [3.8, 4) is 0 Å². The number of aromatic amines is 1. The van der Waals surface area contributed by atoms with Crippen LogP contribution in [0.3, 0.4) is 0 Å². The van der Waals surface area contributed by atoms with Crippen LogP contribution in [-0.4, -0.2) is 45.6 Å². The zero-order valence-corrected chi connectivity index (χ0v) is 18.4. The maximum Gasteiger partial charge on any atom is 0.272 e. The second-order valence-corrected chi connectivity index (χ2v) is 11.2. The van der Waals surface area contributed by atoms with Gasteiger partial charge in [0.15, 0.2) is 0 Å². The summed E-state index contributed by atoms with van der Waals surface area (Å²) < 4.78 is 42.1. The van der Waals surface area contributed by atoms with E-state index in [1.165, 1.54) is 18.2 Å². The molecule has 0 bridgehead atoms. The number of H-pyrrole nitrogens is 1. The van der Waals surface area contributed by atoms with Crippen LogP contribution in [0.25, 0.3) is 10.8 Å². The van der Waals surface area contributed by atoms with Crippen molar-refractivity contribution in [3.63, 3.8) is 0 Å². The zero-order valence-electron chi connectivity index (χ0n) is 17.5. The van der Waals surface area contributed by atoms with E-state index in [1.807, 2.05) is 4.90 Å². The molecule has 0 amide bonds. The van der Waals surface area contributed by atoms with E-state index in [4.69, 9.17) is 0 Å². The topological polar surface area (TPSA) is 91.8 Å². The Kier molecular flexibility index (Phi) is 5.50. The predicted octanol–water partition coefficient (Wildman–Crippen LogP) is 3.09. The molecule has 10 heteroatoms. The third-order valence-electron chi connectivity index (χ3n) is 5.95. The summed E-state index contributed by atoms with van der Waals surface area (Å²) in [6.45, 7) is 0.950. The zero-order chi connectivity index (χ0) is 23.0. The highest BCUT2D eigenvalue weighted by Gasteiger charge is 2.33. The number of hydrogen-bond donors (Lipinski definition) is 1. The number of fused-ring (bicyclic) bond motifs is 1. The van der Waals surface area contributed by atoms with Gasteiger partial charge in [0, 0.05) is 54.9 Å². The normalized spacial score (nSPS) is 15.6. The molecule has 2 aromatic carbocycles. The number of nitrogens with zero attached hydrogens (tertiary/aromatic N) is 4. The Bertz CT molecular complexity index is 1430. The third-order valence-corrected chi connectivity index (χ3v) is 9.01. The smallest absolute Gasteiger partial charge is 0.272 e. The first-order valence-electron chi connectivity index (χ1n) is 10.5. The van der Waals surface area contributed by atoms with Crippen molar-refractivity contribution in [2.24, 2.45) is 0 Å². The maximum atomic E-state index is 14.8. The largest absolute Gasteiger partial charge is 0.340 e. The fraction of sp³-hybridized carbons (Fsp3) is 0.217. The van der Waals surface area contributed by atoms with Crippen molar-refractivity contribution >= 4 is 29.2 Å². The van der Waals surface area contributed by atoms with Crippen LogP contribution in [0.15, 0.2) is 59.7 Å². The summed E-state index contributed by atoms with van der Waals surface area (Å²) in [5.41, 5.74) is 0.753. The van der Waals surface area contributed by atoms with Gasteiger partial charge in [0.1, 0.15) is 18.8 Å². The Hall–Kier alpha value is -3.45. The molecule has 4 aromatic rings. The van der Waals surface area contributed by atoms with Crippen molar-refractivity contribution in [1.29, 1.82) is 0 Å². The summed E-state index contributed by atoms with van der Waals surface area (Å²) >= 11 is 0. The van der Waals surface area contributed by atoms with Gasteiger partial charge in [-0.3, -0.25) is 4.79 Å². The van der Waals surface area contributed by atoms with Crippen LogP contribution in [0.4, 0.5) is 14.7 Å². The molecular formula is C23H20F2N5O2P. The second-order valence-electron chi connectivity index (χ2n) is 8.02. The van der Waals surface area contributed by atoms with Crippen LogP contribution in [0.1, 0.15) is 11.3 Å². The van der Waals surface area contributed by atoms with E-state index in [-0.39, 0.29) is 17.1 Å². The van der Waals surface area contributed by atoms with Crippen molar-refractivity contribution < 1.29 is 13.3 Å². The van der Waals surface area contributed by atoms with E-state index in [9.17, 15) is 18.1 Å². The Morgan fingerprint density at radius 3 is 2.52 bits per heavy atom. The van der Waals surface area contributed by atoms with Crippen molar-refractivity contribution in [2.75, 3.05) is 30.3 Å². The maximum absolute atomic E-state index is 14.8. The Morgan fingerprint density at radius 1 is 1.00 bits per heavy atom.